The zero-order chi connectivity index (χ0) is 16.3. The lowest BCUT2D eigenvalue weighted by Gasteiger charge is -2.18. The van der Waals surface area contributed by atoms with Gasteiger partial charge in [0.15, 0.2) is 17.5 Å². The molecule has 2 rings (SSSR count). The van der Waals surface area contributed by atoms with E-state index in [0.717, 1.165) is 0 Å². The van der Waals surface area contributed by atoms with Gasteiger partial charge in [0.2, 0.25) is 0 Å². The maximum absolute atomic E-state index is 11.6. The first-order valence-electron chi connectivity index (χ1n) is 6.92. The molecule has 118 valence electrons. The molecule has 2 amide bonds. The van der Waals surface area contributed by atoms with Crippen LogP contribution >= 0.6 is 0 Å². The SMILES string of the molecule is COc1cc(C2=NC(=O)C(N)C(=O)N2)ccc1OCC(C)C. The lowest BCUT2D eigenvalue weighted by molar-refractivity contribution is -0.129. The monoisotopic (exact) mass is 305 g/mol. The van der Waals surface area contributed by atoms with Gasteiger partial charge < -0.3 is 20.5 Å². The highest BCUT2D eigenvalue weighted by molar-refractivity contribution is 6.22. The third kappa shape index (κ3) is 3.43. The molecule has 0 fully saturated rings. The quantitative estimate of drug-likeness (QED) is 0.769. The van der Waals surface area contributed by atoms with Crippen molar-refractivity contribution in [1.82, 2.24) is 5.32 Å². The molecule has 0 bridgehead atoms. The van der Waals surface area contributed by atoms with Crippen molar-refractivity contribution < 1.29 is 19.1 Å². The van der Waals surface area contributed by atoms with Crippen molar-refractivity contribution in [2.75, 3.05) is 13.7 Å². The molecule has 1 aromatic carbocycles. The second-order valence-electron chi connectivity index (χ2n) is 5.34. The third-order valence-electron chi connectivity index (χ3n) is 3.02. The van der Waals surface area contributed by atoms with Gasteiger partial charge in [0.25, 0.3) is 11.8 Å². The number of nitrogens with zero attached hydrogens (tertiary/aromatic N) is 1. The summed E-state index contributed by atoms with van der Waals surface area (Å²) in [6, 6.07) is 3.81. The molecule has 0 radical (unpaired) electrons. The Labute approximate surface area is 128 Å². The van der Waals surface area contributed by atoms with E-state index in [4.69, 9.17) is 15.2 Å². The van der Waals surface area contributed by atoms with Gasteiger partial charge in [-0.1, -0.05) is 13.8 Å². The summed E-state index contributed by atoms with van der Waals surface area (Å²) in [7, 11) is 1.52. The number of nitrogens with one attached hydrogen (secondary N) is 1. The minimum absolute atomic E-state index is 0.158. The second-order valence-corrected chi connectivity index (χ2v) is 5.34. The summed E-state index contributed by atoms with van der Waals surface area (Å²) in [5, 5.41) is 2.50. The first-order chi connectivity index (χ1) is 10.4. The predicted molar refractivity (Wildman–Crippen MR) is 81.0 cm³/mol. The Morgan fingerprint density at radius 1 is 1.32 bits per heavy atom. The number of carbonyl (C=O) groups excluding carboxylic acids is 2. The number of ether oxygens (including phenoxy) is 2. The average molecular weight is 305 g/mol. The van der Waals surface area contributed by atoms with Crippen molar-refractivity contribution in [1.29, 1.82) is 0 Å². The zero-order valence-corrected chi connectivity index (χ0v) is 12.8. The number of hydrogen-bond acceptors (Lipinski definition) is 5. The van der Waals surface area contributed by atoms with E-state index in [1.54, 1.807) is 18.2 Å². The van der Waals surface area contributed by atoms with Crippen LogP contribution in [-0.2, 0) is 9.59 Å². The molecule has 7 heteroatoms. The van der Waals surface area contributed by atoms with Gasteiger partial charge >= 0.3 is 0 Å². The van der Waals surface area contributed by atoms with E-state index in [0.29, 0.717) is 29.6 Å². The highest BCUT2D eigenvalue weighted by atomic mass is 16.5. The Balaban J connectivity index is 2.28. The van der Waals surface area contributed by atoms with Crippen LogP contribution in [0.2, 0.25) is 0 Å². The lowest BCUT2D eigenvalue weighted by Crippen LogP contribution is -2.52. The maximum atomic E-state index is 11.6. The number of aliphatic imine (C=N–C) groups is 1. The van der Waals surface area contributed by atoms with Crippen LogP contribution in [0.5, 0.6) is 11.5 Å². The summed E-state index contributed by atoms with van der Waals surface area (Å²) < 4.78 is 10.9. The molecule has 1 heterocycles. The zero-order valence-electron chi connectivity index (χ0n) is 12.8. The van der Waals surface area contributed by atoms with Crippen LogP contribution in [0.3, 0.4) is 0 Å². The average Bonchev–Trinajstić information content (AvgIpc) is 2.49. The van der Waals surface area contributed by atoms with Crippen LogP contribution in [0.4, 0.5) is 0 Å². The van der Waals surface area contributed by atoms with Gasteiger partial charge in [0.1, 0.15) is 5.84 Å². The van der Waals surface area contributed by atoms with Gasteiger partial charge in [-0.25, -0.2) is 0 Å². The number of hydrogen-bond donors (Lipinski definition) is 2. The predicted octanol–water partition coefficient (Wildman–Crippen LogP) is 0.460. The van der Waals surface area contributed by atoms with Crippen LogP contribution in [0.25, 0.3) is 0 Å². The minimum Gasteiger partial charge on any atom is -0.493 e. The molecule has 1 aliphatic heterocycles. The van der Waals surface area contributed by atoms with E-state index < -0.39 is 17.9 Å². The van der Waals surface area contributed by atoms with Crippen LogP contribution in [0, 0.1) is 5.92 Å². The molecule has 1 aromatic rings. The van der Waals surface area contributed by atoms with E-state index in [2.05, 4.69) is 10.3 Å². The molecule has 0 aromatic heterocycles. The summed E-state index contributed by atoms with van der Waals surface area (Å²) in [5.41, 5.74) is 5.94. The first kappa shape index (κ1) is 16.0. The van der Waals surface area contributed by atoms with Gasteiger partial charge in [-0.3, -0.25) is 9.59 Å². The van der Waals surface area contributed by atoms with E-state index >= 15 is 0 Å². The van der Waals surface area contributed by atoms with Crippen molar-refractivity contribution in [3.8, 4) is 11.5 Å². The van der Waals surface area contributed by atoms with Crippen LogP contribution in [-0.4, -0.2) is 37.4 Å². The molecule has 3 N–H and O–H groups in total. The van der Waals surface area contributed by atoms with Crippen molar-refractivity contribution in [3.05, 3.63) is 23.8 Å². The molecule has 22 heavy (non-hydrogen) atoms. The summed E-state index contributed by atoms with van der Waals surface area (Å²) in [6.07, 6.45) is 0. The second kappa shape index (κ2) is 6.57. The van der Waals surface area contributed by atoms with Gasteiger partial charge in [-0.15, -0.1) is 0 Å². The van der Waals surface area contributed by atoms with Gasteiger partial charge in [-0.2, -0.15) is 4.99 Å². The Bertz CT molecular complexity index is 625. The minimum atomic E-state index is -1.25. The Morgan fingerprint density at radius 3 is 2.64 bits per heavy atom. The van der Waals surface area contributed by atoms with E-state index in [9.17, 15) is 9.59 Å². The topological polar surface area (TPSA) is 103 Å². The fraction of sp³-hybridized carbons (Fsp3) is 0.400. The lowest BCUT2D eigenvalue weighted by atomic mass is 10.1. The van der Waals surface area contributed by atoms with Gasteiger partial charge in [0.05, 0.1) is 13.7 Å². The molecule has 1 unspecified atom stereocenters. The Kier molecular flexibility index (Phi) is 4.77. The standard InChI is InChI=1S/C15H19N3O4/c1-8(2)7-22-10-5-4-9(6-11(10)21-3)13-17-14(19)12(16)15(20)18-13/h4-6,8,12H,7,16H2,1-3H3,(H,17,18,19,20). The highest BCUT2D eigenvalue weighted by Gasteiger charge is 2.29. The fourth-order valence-electron chi connectivity index (χ4n) is 1.84. The van der Waals surface area contributed by atoms with Crippen molar-refractivity contribution in [3.63, 3.8) is 0 Å². The number of benzene rings is 1. The number of methoxy groups -OCH3 is 1. The Morgan fingerprint density at radius 2 is 2.05 bits per heavy atom. The smallest absolute Gasteiger partial charge is 0.274 e. The number of nitrogens with two attached hydrogens (primary N) is 1. The van der Waals surface area contributed by atoms with Gasteiger partial charge in [-0.05, 0) is 24.1 Å². The molecular formula is C15H19N3O4. The number of amidine groups is 1. The Hall–Kier alpha value is -2.41. The normalized spacial score (nSPS) is 18.0. The largest absolute Gasteiger partial charge is 0.493 e. The fourth-order valence-corrected chi connectivity index (χ4v) is 1.84. The molecular weight excluding hydrogens is 286 g/mol. The van der Waals surface area contributed by atoms with Crippen LogP contribution in [0.1, 0.15) is 19.4 Å². The number of carbonyl (C=O) groups is 2. The third-order valence-corrected chi connectivity index (χ3v) is 3.02. The van der Waals surface area contributed by atoms with Crippen LogP contribution < -0.4 is 20.5 Å². The summed E-state index contributed by atoms with van der Waals surface area (Å²) >= 11 is 0. The van der Waals surface area contributed by atoms with E-state index in [1.807, 2.05) is 13.8 Å². The van der Waals surface area contributed by atoms with Crippen LogP contribution in [0.15, 0.2) is 23.2 Å². The summed E-state index contributed by atoms with van der Waals surface area (Å²) in [5.74, 6) is 0.381. The highest BCUT2D eigenvalue weighted by Crippen LogP contribution is 2.28. The molecule has 7 nitrogen and oxygen atoms in total. The van der Waals surface area contributed by atoms with E-state index in [-0.39, 0.29) is 5.84 Å². The van der Waals surface area contributed by atoms with Crippen molar-refractivity contribution in [2.45, 2.75) is 19.9 Å². The number of amides is 2. The maximum Gasteiger partial charge on any atom is 0.274 e. The van der Waals surface area contributed by atoms with E-state index in [1.165, 1.54) is 7.11 Å². The van der Waals surface area contributed by atoms with Gasteiger partial charge in [0, 0.05) is 5.56 Å². The first-order valence-corrected chi connectivity index (χ1v) is 6.92. The molecule has 0 saturated heterocycles. The molecule has 1 aliphatic rings. The van der Waals surface area contributed by atoms with Crippen molar-refractivity contribution >= 4 is 17.6 Å². The van der Waals surface area contributed by atoms with Crippen molar-refractivity contribution in [2.24, 2.45) is 16.6 Å². The summed E-state index contributed by atoms with van der Waals surface area (Å²) in [6.45, 7) is 4.64. The molecule has 0 saturated carbocycles. The number of rotatable bonds is 5. The molecule has 0 spiro atoms. The molecule has 1 atom stereocenters. The molecule has 0 aliphatic carbocycles. The summed E-state index contributed by atoms with van der Waals surface area (Å²) in [4.78, 5) is 26.9.